The zero-order valence-electron chi connectivity index (χ0n) is 11.3. The molecule has 0 spiro atoms. The minimum absolute atomic E-state index is 0.0167. The Morgan fingerprint density at radius 2 is 1.95 bits per heavy atom. The molecule has 3 heteroatoms. The average molecular weight is 267 g/mol. The minimum Gasteiger partial charge on any atom is -0.492 e. The molecule has 0 aromatic heterocycles. The number of hydrogen-bond donors (Lipinski definition) is 1. The second kappa shape index (κ2) is 5.47. The number of nitrogens with two attached hydrogens (primary N) is 1. The second-order valence-electron chi connectivity index (χ2n) is 4.96. The second-order valence-corrected chi connectivity index (χ2v) is 4.96. The Morgan fingerprint density at radius 1 is 1.15 bits per heavy atom. The van der Waals surface area contributed by atoms with Gasteiger partial charge in [0.25, 0.3) is 0 Å². The third-order valence-corrected chi connectivity index (χ3v) is 3.61. The minimum atomic E-state index is 0.0167. The normalized spacial score (nSPS) is 12.8. The van der Waals surface area contributed by atoms with Crippen LogP contribution in [0.15, 0.2) is 42.5 Å². The maximum absolute atomic E-state index is 12.6. The SMILES string of the molecule is NCCc1ccc(C(=O)c2cccc3c2OCC3)cc1. The van der Waals surface area contributed by atoms with Gasteiger partial charge < -0.3 is 10.5 Å². The summed E-state index contributed by atoms with van der Waals surface area (Å²) in [5.74, 6) is 0.770. The molecule has 2 N–H and O–H groups in total. The monoisotopic (exact) mass is 267 g/mol. The lowest BCUT2D eigenvalue weighted by Gasteiger charge is -2.07. The summed E-state index contributed by atoms with van der Waals surface area (Å²) in [6, 6.07) is 13.4. The Kier molecular flexibility index (Phi) is 3.52. The molecule has 0 radical (unpaired) electrons. The molecule has 0 unspecified atom stereocenters. The number of hydrogen-bond acceptors (Lipinski definition) is 3. The van der Waals surface area contributed by atoms with Crippen molar-refractivity contribution in [2.45, 2.75) is 12.8 Å². The highest BCUT2D eigenvalue weighted by atomic mass is 16.5. The highest BCUT2D eigenvalue weighted by Crippen LogP contribution is 2.31. The first kappa shape index (κ1) is 12.9. The predicted molar refractivity (Wildman–Crippen MR) is 78.3 cm³/mol. The topological polar surface area (TPSA) is 52.3 Å². The molecule has 2 aromatic carbocycles. The van der Waals surface area contributed by atoms with E-state index in [9.17, 15) is 4.79 Å². The fourth-order valence-electron chi connectivity index (χ4n) is 2.54. The summed E-state index contributed by atoms with van der Waals surface area (Å²) >= 11 is 0. The lowest BCUT2D eigenvalue weighted by atomic mass is 9.98. The van der Waals surface area contributed by atoms with Crippen molar-refractivity contribution in [1.82, 2.24) is 0 Å². The Balaban J connectivity index is 1.91. The molecule has 20 heavy (non-hydrogen) atoms. The standard InChI is InChI=1S/C17H17NO2/c18-10-8-12-4-6-13(7-5-12)16(19)15-3-1-2-14-9-11-20-17(14)15/h1-7H,8-11,18H2. The van der Waals surface area contributed by atoms with Crippen LogP contribution in [-0.4, -0.2) is 18.9 Å². The highest BCUT2D eigenvalue weighted by molar-refractivity contribution is 6.11. The molecule has 1 aliphatic heterocycles. The van der Waals surface area contributed by atoms with Crippen LogP contribution in [0.1, 0.15) is 27.0 Å². The van der Waals surface area contributed by atoms with E-state index in [4.69, 9.17) is 10.5 Å². The summed E-state index contributed by atoms with van der Waals surface area (Å²) in [5, 5.41) is 0. The van der Waals surface area contributed by atoms with E-state index >= 15 is 0 Å². The van der Waals surface area contributed by atoms with Gasteiger partial charge >= 0.3 is 0 Å². The van der Waals surface area contributed by atoms with Crippen LogP contribution in [0.2, 0.25) is 0 Å². The molecule has 0 aliphatic carbocycles. The quantitative estimate of drug-likeness (QED) is 0.865. The molecule has 0 saturated heterocycles. The van der Waals surface area contributed by atoms with E-state index in [1.807, 2.05) is 42.5 Å². The van der Waals surface area contributed by atoms with Crippen molar-refractivity contribution in [3.05, 3.63) is 64.7 Å². The van der Waals surface area contributed by atoms with Crippen molar-refractivity contribution < 1.29 is 9.53 Å². The smallest absolute Gasteiger partial charge is 0.196 e. The summed E-state index contributed by atoms with van der Waals surface area (Å²) < 4.78 is 5.60. The summed E-state index contributed by atoms with van der Waals surface area (Å²) in [5.41, 5.74) is 9.15. The Labute approximate surface area is 118 Å². The van der Waals surface area contributed by atoms with Gasteiger partial charge in [0, 0.05) is 12.0 Å². The zero-order valence-corrected chi connectivity index (χ0v) is 11.3. The third-order valence-electron chi connectivity index (χ3n) is 3.61. The van der Waals surface area contributed by atoms with Crippen LogP contribution in [0.5, 0.6) is 5.75 Å². The fraction of sp³-hybridized carbons (Fsp3) is 0.235. The van der Waals surface area contributed by atoms with Crippen molar-refractivity contribution >= 4 is 5.78 Å². The van der Waals surface area contributed by atoms with E-state index in [-0.39, 0.29) is 5.78 Å². The number of ether oxygens (including phenoxy) is 1. The van der Waals surface area contributed by atoms with Crippen molar-refractivity contribution in [1.29, 1.82) is 0 Å². The average Bonchev–Trinajstić information content (AvgIpc) is 2.96. The van der Waals surface area contributed by atoms with Crippen LogP contribution in [-0.2, 0) is 12.8 Å². The summed E-state index contributed by atoms with van der Waals surface area (Å²) in [6.45, 7) is 1.28. The molecule has 0 amide bonds. The molecular formula is C17H17NO2. The number of rotatable bonds is 4. The van der Waals surface area contributed by atoms with Gasteiger partial charge in [0.05, 0.1) is 12.2 Å². The van der Waals surface area contributed by atoms with E-state index in [0.29, 0.717) is 24.3 Å². The van der Waals surface area contributed by atoms with Crippen LogP contribution < -0.4 is 10.5 Å². The number of ketones is 1. The Morgan fingerprint density at radius 3 is 2.70 bits per heavy atom. The van der Waals surface area contributed by atoms with Crippen molar-refractivity contribution in [2.24, 2.45) is 5.73 Å². The third kappa shape index (κ3) is 2.32. The molecule has 0 bridgehead atoms. The molecule has 0 atom stereocenters. The fourth-order valence-corrected chi connectivity index (χ4v) is 2.54. The number of benzene rings is 2. The number of para-hydroxylation sites is 1. The predicted octanol–water partition coefficient (Wildman–Crippen LogP) is 2.35. The first-order chi connectivity index (χ1) is 9.79. The maximum atomic E-state index is 12.6. The van der Waals surface area contributed by atoms with Gasteiger partial charge in [0.2, 0.25) is 0 Å². The molecule has 3 nitrogen and oxygen atoms in total. The van der Waals surface area contributed by atoms with E-state index in [2.05, 4.69) is 0 Å². The van der Waals surface area contributed by atoms with Gasteiger partial charge in [-0.1, -0.05) is 36.4 Å². The lowest BCUT2D eigenvalue weighted by Crippen LogP contribution is -2.05. The molecule has 3 rings (SSSR count). The molecule has 0 saturated carbocycles. The number of fused-ring (bicyclic) bond motifs is 1. The van der Waals surface area contributed by atoms with Gasteiger partial charge in [-0.15, -0.1) is 0 Å². The largest absolute Gasteiger partial charge is 0.492 e. The van der Waals surface area contributed by atoms with E-state index in [0.717, 1.165) is 29.7 Å². The molecule has 1 heterocycles. The summed E-state index contributed by atoms with van der Waals surface area (Å²) in [6.07, 6.45) is 1.71. The van der Waals surface area contributed by atoms with Crippen molar-refractivity contribution in [3.63, 3.8) is 0 Å². The van der Waals surface area contributed by atoms with Crippen LogP contribution in [0.4, 0.5) is 0 Å². The maximum Gasteiger partial charge on any atom is 0.196 e. The van der Waals surface area contributed by atoms with Gasteiger partial charge in [0.15, 0.2) is 5.78 Å². The summed E-state index contributed by atoms with van der Waals surface area (Å²) in [7, 11) is 0. The first-order valence-electron chi connectivity index (χ1n) is 6.88. The summed E-state index contributed by atoms with van der Waals surface area (Å²) in [4.78, 5) is 12.6. The number of carbonyl (C=O) groups excluding carboxylic acids is 1. The zero-order chi connectivity index (χ0) is 13.9. The van der Waals surface area contributed by atoms with E-state index in [1.165, 1.54) is 0 Å². The van der Waals surface area contributed by atoms with Crippen molar-refractivity contribution in [2.75, 3.05) is 13.2 Å². The molecular weight excluding hydrogens is 250 g/mol. The van der Waals surface area contributed by atoms with Gasteiger partial charge in [-0.3, -0.25) is 4.79 Å². The lowest BCUT2D eigenvalue weighted by molar-refractivity contribution is 0.103. The Bertz CT molecular complexity index is 632. The molecule has 0 fully saturated rings. The van der Waals surface area contributed by atoms with Crippen LogP contribution in [0, 0.1) is 0 Å². The Hall–Kier alpha value is -2.13. The van der Waals surface area contributed by atoms with Gasteiger partial charge in [-0.25, -0.2) is 0 Å². The molecule has 1 aliphatic rings. The first-order valence-corrected chi connectivity index (χ1v) is 6.88. The number of carbonyl (C=O) groups is 1. The highest BCUT2D eigenvalue weighted by Gasteiger charge is 2.21. The van der Waals surface area contributed by atoms with E-state index in [1.54, 1.807) is 0 Å². The van der Waals surface area contributed by atoms with Crippen LogP contribution in [0.3, 0.4) is 0 Å². The molecule has 2 aromatic rings. The van der Waals surface area contributed by atoms with Crippen LogP contribution >= 0.6 is 0 Å². The van der Waals surface area contributed by atoms with Crippen LogP contribution in [0.25, 0.3) is 0 Å². The molecule has 102 valence electrons. The van der Waals surface area contributed by atoms with Gasteiger partial charge in [0.1, 0.15) is 5.75 Å². The van der Waals surface area contributed by atoms with Gasteiger partial charge in [-0.2, -0.15) is 0 Å². The van der Waals surface area contributed by atoms with Gasteiger partial charge in [-0.05, 0) is 30.2 Å². The van der Waals surface area contributed by atoms with E-state index < -0.39 is 0 Å². The van der Waals surface area contributed by atoms with Crippen molar-refractivity contribution in [3.8, 4) is 5.75 Å².